The number of hydrogen-bond acceptors (Lipinski definition) is 7. The third-order valence-electron chi connectivity index (χ3n) is 4.04. The molecule has 1 N–H and O–H groups in total. The summed E-state index contributed by atoms with van der Waals surface area (Å²) in [6.07, 6.45) is -3.56. The minimum absolute atomic E-state index is 0. The number of carbonyl (C=O) groups excluding carboxylic acids is 1. The van der Waals surface area contributed by atoms with Gasteiger partial charge in [0.2, 0.25) is 10.2 Å². The van der Waals surface area contributed by atoms with Gasteiger partial charge >= 0.3 is 6.18 Å². The maximum atomic E-state index is 12.9. The molecule has 0 saturated heterocycles. The Balaban J connectivity index is 0.00000289. The third kappa shape index (κ3) is 4.33. The number of nitrogens with zero attached hydrogens (tertiary/aromatic N) is 4. The summed E-state index contributed by atoms with van der Waals surface area (Å²) in [4.78, 5) is 26.1. The standard InChI is InChI=1S/C17H7BrF3N5O4S.ClH/c18-11-5-7(26(28)29)1-3-9(11)12-4-2-8(30-12)6-10-13(22)25-16(23-14(10)27)31-15(24-25)17(19,20)21;/h1-6,22H;1H/b10-6-,22-13?;. The van der Waals surface area contributed by atoms with E-state index in [1.807, 2.05) is 0 Å². The number of furan rings is 1. The molecule has 0 spiro atoms. The van der Waals surface area contributed by atoms with Gasteiger partial charge in [-0.05, 0) is 52.0 Å². The van der Waals surface area contributed by atoms with Crippen LogP contribution in [0.15, 0.2) is 54.9 Å². The summed E-state index contributed by atoms with van der Waals surface area (Å²) in [6.45, 7) is 0. The normalized spacial score (nSPS) is 17.1. The lowest BCUT2D eigenvalue weighted by molar-refractivity contribution is -0.384. The van der Waals surface area contributed by atoms with Crippen LogP contribution in [0.2, 0.25) is 0 Å². The van der Waals surface area contributed by atoms with Gasteiger partial charge in [0.15, 0.2) is 5.84 Å². The summed E-state index contributed by atoms with van der Waals surface area (Å²) in [6, 6.07) is 7.07. The van der Waals surface area contributed by atoms with E-state index in [9.17, 15) is 28.1 Å². The number of amides is 1. The van der Waals surface area contributed by atoms with Crippen molar-refractivity contribution in [2.24, 2.45) is 10.1 Å². The minimum Gasteiger partial charge on any atom is -0.457 e. The molecule has 0 atom stereocenters. The van der Waals surface area contributed by atoms with Crippen molar-refractivity contribution in [2.45, 2.75) is 6.18 Å². The van der Waals surface area contributed by atoms with E-state index >= 15 is 0 Å². The van der Waals surface area contributed by atoms with Crippen molar-refractivity contribution in [1.82, 2.24) is 5.01 Å². The quantitative estimate of drug-likeness (QED) is 0.317. The van der Waals surface area contributed by atoms with Crippen LogP contribution in [-0.4, -0.2) is 38.1 Å². The molecular weight excluding hydrogens is 543 g/mol. The molecule has 166 valence electrons. The number of hydrogen-bond donors (Lipinski definition) is 1. The van der Waals surface area contributed by atoms with Gasteiger partial charge in [0.25, 0.3) is 11.6 Å². The van der Waals surface area contributed by atoms with Gasteiger partial charge in [-0.3, -0.25) is 20.3 Å². The summed E-state index contributed by atoms with van der Waals surface area (Å²) in [5.41, 5.74) is 0.0675. The second kappa shape index (κ2) is 8.52. The molecule has 0 fully saturated rings. The molecule has 0 saturated carbocycles. The first-order valence-electron chi connectivity index (χ1n) is 8.16. The summed E-state index contributed by atoms with van der Waals surface area (Å²) in [5, 5.41) is 21.3. The van der Waals surface area contributed by atoms with Crippen LogP contribution in [0.3, 0.4) is 0 Å². The zero-order valence-corrected chi connectivity index (χ0v) is 18.4. The molecule has 1 aromatic carbocycles. The smallest absolute Gasteiger partial charge is 0.441 e. The molecule has 1 aromatic heterocycles. The molecule has 1 amide bonds. The zero-order valence-electron chi connectivity index (χ0n) is 15.2. The van der Waals surface area contributed by atoms with Crippen molar-refractivity contribution in [3.63, 3.8) is 0 Å². The monoisotopic (exact) mass is 549 g/mol. The molecule has 15 heteroatoms. The topological polar surface area (TPSA) is 125 Å². The van der Waals surface area contributed by atoms with Crippen LogP contribution in [-0.2, 0) is 4.79 Å². The molecule has 2 aliphatic rings. The SMILES string of the molecule is Cl.N=C1/C(=C/c2ccc(-c3ccc([N+](=O)[O-])cc3Br)o2)C(=O)N=C2SC(C(F)(F)F)=NN12. The van der Waals surface area contributed by atoms with Crippen LogP contribution in [0.25, 0.3) is 17.4 Å². The van der Waals surface area contributed by atoms with Crippen LogP contribution in [0.5, 0.6) is 0 Å². The Bertz CT molecular complexity index is 1260. The van der Waals surface area contributed by atoms with Crippen LogP contribution in [0, 0.1) is 15.5 Å². The Labute approximate surface area is 195 Å². The number of thioether (sulfide) groups is 1. The number of fused-ring (bicyclic) bond motifs is 1. The van der Waals surface area contributed by atoms with E-state index in [0.717, 1.165) is 0 Å². The van der Waals surface area contributed by atoms with E-state index in [1.165, 1.54) is 36.4 Å². The van der Waals surface area contributed by atoms with E-state index in [1.54, 1.807) is 0 Å². The molecule has 0 bridgehead atoms. The number of non-ortho nitro benzene ring substituents is 1. The maximum Gasteiger partial charge on any atom is 0.441 e. The number of nitro groups is 1. The number of hydrazone groups is 1. The van der Waals surface area contributed by atoms with E-state index in [4.69, 9.17) is 9.83 Å². The highest BCUT2D eigenvalue weighted by molar-refractivity contribution is 9.10. The van der Waals surface area contributed by atoms with Gasteiger partial charge in [-0.1, -0.05) is 0 Å². The Kier molecular flexibility index (Phi) is 6.31. The Morgan fingerprint density at radius 3 is 2.62 bits per heavy atom. The number of alkyl halides is 3. The molecule has 0 aliphatic carbocycles. The fourth-order valence-electron chi connectivity index (χ4n) is 2.64. The molecular formula is C17H8BrClF3N5O4S. The number of rotatable bonds is 3. The van der Waals surface area contributed by atoms with Gasteiger partial charge in [-0.2, -0.15) is 28.3 Å². The molecule has 9 nitrogen and oxygen atoms in total. The fraction of sp³-hybridized carbons (Fsp3) is 0.0588. The second-order valence-electron chi connectivity index (χ2n) is 6.05. The van der Waals surface area contributed by atoms with Crippen LogP contribution in [0.4, 0.5) is 18.9 Å². The van der Waals surface area contributed by atoms with Crippen molar-refractivity contribution in [1.29, 1.82) is 5.41 Å². The number of aliphatic imine (C=N–C) groups is 1. The Morgan fingerprint density at radius 2 is 2.00 bits per heavy atom. The average Bonchev–Trinajstić information content (AvgIpc) is 3.32. The van der Waals surface area contributed by atoms with Gasteiger partial charge in [0.05, 0.1) is 10.5 Å². The van der Waals surface area contributed by atoms with Crippen LogP contribution >= 0.6 is 40.1 Å². The number of benzene rings is 1. The van der Waals surface area contributed by atoms with Crippen molar-refractivity contribution < 1.29 is 27.3 Å². The van der Waals surface area contributed by atoms with Gasteiger partial charge in [0.1, 0.15) is 11.5 Å². The summed E-state index contributed by atoms with van der Waals surface area (Å²) < 4.78 is 44.6. The van der Waals surface area contributed by atoms with Crippen molar-refractivity contribution >= 4 is 73.8 Å². The number of nitrogens with one attached hydrogen (secondary N) is 1. The maximum absolute atomic E-state index is 12.9. The summed E-state index contributed by atoms with van der Waals surface area (Å²) >= 11 is 3.39. The van der Waals surface area contributed by atoms with E-state index in [-0.39, 0.29) is 46.4 Å². The molecule has 3 heterocycles. The van der Waals surface area contributed by atoms with Crippen molar-refractivity contribution in [2.75, 3.05) is 0 Å². The highest BCUT2D eigenvalue weighted by Gasteiger charge is 2.46. The zero-order chi connectivity index (χ0) is 22.5. The highest BCUT2D eigenvalue weighted by Crippen LogP contribution is 2.36. The highest BCUT2D eigenvalue weighted by atomic mass is 79.9. The van der Waals surface area contributed by atoms with Crippen molar-refractivity contribution in [3.05, 3.63) is 56.3 Å². The van der Waals surface area contributed by atoms with Gasteiger partial charge in [-0.25, -0.2) is 0 Å². The third-order valence-corrected chi connectivity index (χ3v) is 5.65. The Morgan fingerprint density at radius 1 is 1.28 bits per heavy atom. The first-order chi connectivity index (χ1) is 14.5. The molecule has 0 unspecified atom stereocenters. The molecule has 0 radical (unpaired) electrons. The summed E-state index contributed by atoms with van der Waals surface area (Å²) in [5.74, 6) is -1.05. The van der Waals surface area contributed by atoms with Crippen LogP contribution < -0.4 is 0 Å². The van der Waals surface area contributed by atoms with Gasteiger partial charge in [-0.15, -0.1) is 12.4 Å². The number of carbonyl (C=O) groups is 1. The van der Waals surface area contributed by atoms with Crippen LogP contribution in [0.1, 0.15) is 5.76 Å². The largest absolute Gasteiger partial charge is 0.457 e. The fourth-order valence-corrected chi connectivity index (χ4v) is 3.96. The molecule has 4 rings (SSSR count). The first kappa shape index (κ1) is 23.7. The second-order valence-corrected chi connectivity index (χ2v) is 7.86. The van der Waals surface area contributed by atoms with Gasteiger partial charge in [0, 0.05) is 22.2 Å². The lowest BCUT2D eigenvalue weighted by Crippen LogP contribution is -2.35. The Hall–Kier alpha value is -2.97. The number of amidine groups is 2. The average molecular weight is 551 g/mol. The van der Waals surface area contributed by atoms with Gasteiger partial charge < -0.3 is 4.42 Å². The number of nitro benzene ring substituents is 1. The predicted molar refractivity (Wildman–Crippen MR) is 117 cm³/mol. The van der Waals surface area contributed by atoms with Crippen molar-refractivity contribution in [3.8, 4) is 11.3 Å². The lowest BCUT2D eigenvalue weighted by Gasteiger charge is -2.19. The lowest BCUT2D eigenvalue weighted by atomic mass is 10.1. The number of halogens is 5. The summed E-state index contributed by atoms with van der Waals surface area (Å²) in [7, 11) is 0. The predicted octanol–water partition coefficient (Wildman–Crippen LogP) is 5.22. The first-order valence-corrected chi connectivity index (χ1v) is 9.77. The molecule has 32 heavy (non-hydrogen) atoms. The minimum atomic E-state index is -4.73. The van der Waals surface area contributed by atoms with E-state index in [2.05, 4.69) is 26.0 Å². The van der Waals surface area contributed by atoms with E-state index < -0.39 is 27.9 Å². The molecule has 2 aliphatic heterocycles. The van der Waals surface area contributed by atoms with E-state index in [0.29, 0.717) is 20.8 Å². The molecule has 2 aromatic rings.